The summed E-state index contributed by atoms with van der Waals surface area (Å²) in [5.41, 5.74) is 1.41. The highest BCUT2D eigenvalue weighted by Gasteiger charge is 2.28. The van der Waals surface area contributed by atoms with Gasteiger partial charge in [-0.1, -0.05) is 26.8 Å². The van der Waals surface area contributed by atoms with Crippen LogP contribution < -0.4 is 0 Å². The Morgan fingerprint density at radius 2 is 2.00 bits per heavy atom. The Hall–Kier alpha value is -0.890. The first-order valence-corrected chi connectivity index (χ1v) is 5.32. The zero-order valence-electron chi connectivity index (χ0n) is 9.84. The lowest BCUT2D eigenvalue weighted by molar-refractivity contribution is 0.0458. The molecule has 1 nitrogen and oxygen atoms in total. The molecule has 0 aromatic heterocycles. The Balaban J connectivity index is 3.10. The van der Waals surface area contributed by atoms with Gasteiger partial charge >= 0.3 is 0 Å². The largest absolute Gasteiger partial charge is 0.388 e. The van der Waals surface area contributed by atoms with E-state index in [2.05, 4.69) is 0 Å². The van der Waals surface area contributed by atoms with Crippen molar-refractivity contribution in [1.82, 2.24) is 0 Å². The van der Waals surface area contributed by atoms with Crippen LogP contribution in [-0.2, 0) is 0 Å². The van der Waals surface area contributed by atoms with Crippen LogP contribution >= 0.6 is 0 Å². The Morgan fingerprint density at radius 3 is 2.53 bits per heavy atom. The van der Waals surface area contributed by atoms with Crippen molar-refractivity contribution >= 4 is 0 Å². The smallest absolute Gasteiger partial charge is 0.123 e. The molecule has 1 aromatic rings. The zero-order chi connectivity index (χ0) is 11.6. The molecule has 1 atom stereocenters. The predicted molar refractivity (Wildman–Crippen MR) is 60.2 cm³/mol. The zero-order valence-corrected chi connectivity index (χ0v) is 9.84. The fourth-order valence-corrected chi connectivity index (χ4v) is 1.52. The SMILES string of the molecule is CCC(C)(C)C(O)c1cc(F)ccc1C. The Labute approximate surface area is 90.9 Å². The number of benzene rings is 1. The Bertz CT molecular complexity index is 344. The lowest BCUT2D eigenvalue weighted by atomic mass is 9.79. The number of hydrogen-bond acceptors (Lipinski definition) is 1. The second-order valence-corrected chi connectivity index (χ2v) is 4.75. The molecule has 1 N–H and O–H groups in total. The molecule has 2 heteroatoms. The van der Waals surface area contributed by atoms with Gasteiger partial charge in [-0.05, 0) is 42.0 Å². The summed E-state index contributed by atoms with van der Waals surface area (Å²) < 4.78 is 13.1. The average Bonchev–Trinajstić information content (AvgIpc) is 2.20. The van der Waals surface area contributed by atoms with Crippen molar-refractivity contribution in [2.45, 2.75) is 40.2 Å². The molecule has 1 aromatic carbocycles. The molecular formula is C13H19FO. The molecule has 0 spiro atoms. The molecule has 0 saturated heterocycles. The van der Waals surface area contributed by atoms with Crippen molar-refractivity contribution in [3.63, 3.8) is 0 Å². The first-order chi connectivity index (χ1) is 6.88. The normalized spacial score (nSPS) is 14.0. The Kier molecular flexibility index (Phi) is 3.50. The summed E-state index contributed by atoms with van der Waals surface area (Å²) in [6.07, 6.45) is 0.239. The summed E-state index contributed by atoms with van der Waals surface area (Å²) in [4.78, 5) is 0. The standard InChI is InChI=1S/C13H19FO/c1-5-13(3,4)12(15)11-8-10(14)7-6-9(11)2/h6-8,12,15H,5H2,1-4H3. The number of hydrogen-bond donors (Lipinski definition) is 1. The lowest BCUT2D eigenvalue weighted by Gasteiger charge is -2.30. The van der Waals surface area contributed by atoms with E-state index in [0.717, 1.165) is 12.0 Å². The van der Waals surface area contributed by atoms with Crippen LogP contribution in [0.2, 0.25) is 0 Å². The van der Waals surface area contributed by atoms with Crippen LogP contribution in [0.25, 0.3) is 0 Å². The van der Waals surface area contributed by atoms with Crippen LogP contribution in [0.15, 0.2) is 18.2 Å². The third-order valence-electron chi connectivity index (χ3n) is 3.19. The molecule has 0 amide bonds. The van der Waals surface area contributed by atoms with Crippen LogP contribution in [0, 0.1) is 18.2 Å². The van der Waals surface area contributed by atoms with Crippen LogP contribution in [0.1, 0.15) is 44.4 Å². The van der Waals surface area contributed by atoms with Gasteiger partial charge < -0.3 is 5.11 Å². The van der Waals surface area contributed by atoms with E-state index in [0.29, 0.717) is 5.56 Å². The van der Waals surface area contributed by atoms with Crippen molar-refractivity contribution in [1.29, 1.82) is 0 Å². The second kappa shape index (κ2) is 4.31. The third kappa shape index (κ3) is 2.57. The fourth-order valence-electron chi connectivity index (χ4n) is 1.52. The van der Waals surface area contributed by atoms with E-state index in [1.165, 1.54) is 12.1 Å². The molecule has 0 aliphatic rings. The van der Waals surface area contributed by atoms with Crippen molar-refractivity contribution in [2.24, 2.45) is 5.41 Å². The highest BCUT2D eigenvalue weighted by Crippen LogP contribution is 2.37. The van der Waals surface area contributed by atoms with E-state index >= 15 is 0 Å². The number of aliphatic hydroxyl groups excluding tert-OH is 1. The maximum absolute atomic E-state index is 13.1. The number of aryl methyl sites for hydroxylation is 1. The number of aliphatic hydroxyl groups is 1. The highest BCUT2D eigenvalue weighted by atomic mass is 19.1. The van der Waals surface area contributed by atoms with Gasteiger partial charge in [-0.15, -0.1) is 0 Å². The molecule has 1 rings (SSSR count). The van der Waals surface area contributed by atoms with Gasteiger partial charge in [0.05, 0.1) is 6.10 Å². The molecule has 0 aliphatic carbocycles. The summed E-state index contributed by atoms with van der Waals surface area (Å²) in [7, 11) is 0. The van der Waals surface area contributed by atoms with Crippen molar-refractivity contribution in [2.75, 3.05) is 0 Å². The topological polar surface area (TPSA) is 20.2 Å². The van der Waals surface area contributed by atoms with E-state index in [-0.39, 0.29) is 11.2 Å². The molecule has 0 heterocycles. The van der Waals surface area contributed by atoms with Crippen molar-refractivity contribution in [3.05, 3.63) is 35.1 Å². The van der Waals surface area contributed by atoms with Gasteiger partial charge in [0, 0.05) is 0 Å². The van der Waals surface area contributed by atoms with Gasteiger partial charge in [0.15, 0.2) is 0 Å². The van der Waals surface area contributed by atoms with E-state index in [1.807, 2.05) is 27.7 Å². The van der Waals surface area contributed by atoms with Crippen LogP contribution in [0.3, 0.4) is 0 Å². The maximum atomic E-state index is 13.1. The molecule has 0 bridgehead atoms. The first kappa shape index (κ1) is 12.2. The summed E-state index contributed by atoms with van der Waals surface area (Å²) in [6, 6.07) is 4.56. The van der Waals surface area contributed by atoms with Crippen LogP contribution in [-0.4, -0.2) is 5.11 Å². The average molecular weight is 210 g/mol. The van der Waals surface area contributed by atoms with Gasteiger partial charge in [-0.3, -0.25) is 0 Å². The number of rotatable bonds is 3. The third-order valence-corrected chi connectivity index (χ3v) is 3.19. The van der Waals surface area contributed by atoms with Crippen LogP contribution in [0.5, 0.6) is 0 Å². The van der Waals surface area contributed by atoms with Gasteiger partial charge in [0.25, 0.3) is 0 Å². The molecular weight excluding hydrogens is 191 g/mol. The van der Waals surface area contributed by atoms with Crippen molar-refractivity contribution < 1.29 is 9.50 Å². The van der Waals surface area contributed by atoms with E-state index in [9.17, 15) is 9.50 Å². The van der Waals surface area contributed by atoms with E-state index in [1.54, 1.807) is 6.07 Å². The first-order valence-electron chi connectivity index (χ1n) is 5.32. The molecule has 84 valence electrons. The molecule has 0 saturated carbocycles. The van der Waals surface area contributed by atoms with Crippen molar-refractivity contribution in [3.8, 4) is 0 Å². The highest BCUT2D eigenvalue weighted by molar-refractivity contribution is 5.29. The van der Waals surface area contributed by atoms with Gasteiger partial charge in [0.1, 0.15) is 5.82 Å². The minimum Gasteiger partial charge on any atom is -0.388 e. The monoisotopic (exact) mass is 210 g/mol. The number of halogens is 1. The Morgan fingerprint density at radius 1 is 1.40 bits per heavy atom. The summed E-state index contributed by atoms with van der Waals surface area (Å²) in [5, 5.41) is 10.2. The lowest BCUT2D eigenvalue weighted by Crippen LogP contribution is -2.21. The van der Waals surface area contributed by atoms with E-state index < -0.39 is 6.10 Å². The van der Waals surface area contributed by atoms with Crippen LogP contribution in [0.4, 0.5) is 4.39 Å². The molecule has 0 aliphatic heterocycles. The maximum Gasteiger partial charge on any atom is 0.123 e. The minimum atomic E-state index is -0.613. The molecule has 0 fully saturated rings. The van der Waals surface area contributed by atoms with Gasteiger partial charge in [-0.2, -0.15) is 0 Å². The summed E-state index contributed by atoms with van der Waals surface area (Å²) >= 11 is 0. The van der Waals surface area contributed by atoms with Gasteiger partial charge in [-0.25, -0.2) is 4.39 Å². The molecule has 1 unspecified atom stereocenters. The fraction of sp³-hybridized carbons (Fsp3) is 0.538. The molecule has 15 heavy (non-hydrogen) atoms. The predicted octanol–water partition coefficient (Wildman–Crippen LogP) is 3.60. The van der Waals surface area contributed by atoms with E-state index in [4.69, 9.17) is 0 Å². The summed E-state index contributed by atoms with van der Waals surface area (Å²) in [5.74, 6) is -0.290. The summed E-state index contributed by atoms with van der Waals surface area (Å²) in [6.45, 7) is 7.89. The molecule has 0 radical (unpaired) electrons. The minimum absolute atomic E-state index is 0.224. The van der Waals surface area contributed by atoms with Gasteiger partial charge in [0.2, 0.25) is 0 Å². The quantitative estimate of drug-likeness (QED) is 0.808. The second-order valence-electron chi connectivity index (χ2n) is 4.75.